The first-order valence-corrected chi connectivity index (χ1v) is 6.13. The van der Waals surface area contributed by atoms with E-state index in [0.29, 0.717) is 24.5 Å². The lowest BCUT2D eigenvalue weighted by atomic mass is 10.2. The van der Waals surface area contributed by atoms with Crippen molar-refractivity contribution in [2.45, 2.75) is 12.5 Å². The highest BCUT2D eigenvalue weighted by Crippen LogP contribution is 2.13. The number of carbonyl (C=O) groups excluding carboxylic acids is 1. The summed E-state index contributed by atoms with van der Waals surface area (Å²) in [4.78, 5) is 18.0. The quantitative estimate of drug-likeness (QED) is 0.776. The molecular formula is C14H16N2O3. The summed E-state index contributed by atoms with van der Waals surface area (Å²) >= 11 is 0. The molecule has 0 aliphatic carbocycles. The maximum atomic E-state index is 12.2. The van der Waals surface area contributed by atoms with Crippen LogP contribution in [-0.2, 0) is 4.74 Å². The Hall–Kier alpha value is -1.90. The van der Waals surface area contributed by atoms with Crippen LogP contribution in [0.15, 0.2) is 18.3 Å². The Labute approximate surface area is 112 Å². The summed E-state index contributed by atoms with van der Waals surface area (Å²) in [7, 11) is 1.77. The fourth-order valence-corrected chi connectivity index (χ4v) is 1.91. The van der Waals surface area contributed by atoms with E-state index in [1.54, 1.807) is 24.1 Å². The molecule has 19 heavy (non-hydrogen) atoms. The lowest BCUT2D eigenvalue weighted by Gasteiger charge is -2.22. The second-order valence-electron chi connectivity index (χ2n) is 4.33. The maximum Gasteiger partial charge on any atom is 0.272 e. The number of aliphatic hydroxyl groups is 1. The van der Waals surface area contributed by atoms with Gasteiger partial charge in [-0.3, -0.25) is 4.79 Å². The lowest BCUT2D eigenvalue weighted by Crippen LogP contribution is -2.37. The van der Waals surface area contributed by atoms with Crippen LogP contribution in [0.25, 0.3) is 0 Å². The number of rotatable bonds is 2. The highest BCUT2D eigenvalue weighted by molar-refractivity contribution is 5.92. The maximum absolute atomic E-state index is 12.2. The lowest BCUT2D eigenvalue weighted by molar-refractivity contribution is 0.0705. The van der Waals surface area contributed by atoms with E-state index in [4.69, 9.17) is 9.84 Å². The zero-order valence-corrected chi connectivity index (χ0v) is 10.8. The molecule has 0 radical (unpaired) electrons. The van der Waals surface area contributed by atoms with E-state index in [9.17, 15) is 4.79 Å². The van der Waals surface area contributed by atoms with Gasteiger partial charge in [0, 0.05) is 25.4 Å². The van der Waals surface area contributed by atoms with E-state index in [1.165, 1.54) is 6.20 Å². The number of aromatic nitrogens is 1. The Morgan fingerprint density at radius 2 is 2.47 bits per heavy atom. The van der Waals surface area contributed by atoms with E-state index < -0.39 is 0 Å². The molecule has 5 nitrogen and oxygen atoms in total. The monoisotopic (exact) mass is 260 g/mol. The summed E-state index contributed by atoms with van der Waals surface area (Å²) in [6.07, 6.45) is 2.40. The zero-order chi connectivity index (χ0) is 13.7. The number of hydrogen-bond donors (Lipinski definition) is 1. The van der Waals surface area contributed by atoms with Gasteiger partial charge in [-0.1, -0.05) is 11.8 Å². The van der Waals surface area contributed by atoms with Crippen LogP contribution in [-0.4, -0.2) is 53.8 Å². The molecule has 0 bridgehead atoms. The predicted molar refractivity (Wildman–Crippen MR) is 69.5 cm³/mol. The molecule has 2 heterocycles. The van der Waals surface area contributed by atoms with Gasteiger partial charge in [0.25, 0.3) is 5.91 Å². The number of amides is 1. The first kappa shape index (κ1) is 13.5. The Bertz CT molecular complexity index is 496. The molecule has 5 heteroatoms. The number of likely N-dealkylation sites (N-methyl/N-ethyl adjacent to an activating group) is 1. The molecule has 1 aliphatic rings. The van der Waals surface area contributed by atoms with Gasteiger partial charge in [-0.25, -0.2) is 4.98 Å². The first-order valence-electron chi connectivity index (χ1n) is 6.13. The molecule has 100 valence electrons. The van der Waals surface area contributed by atoms with E-state index in [2.05, 4.69) is 16.8 Å². The molecule has 0 spiro atoms. The smallest absolute Gasteiger partial charge is 0.272 e. The summed E-state index contributed by atoms with van der Waals surface area (Å²) in [6, 6.07) is 3.50. The van der Waals surface area contributed by atoms with E-state index in [-0.39, 0.29) is 18.6 Å². The van der Waals surface area contributed by atoms with Crippen molar-refractivity contribution in [3.63, 3.8) is 0 Å². The van der Waals surface area contributed by atoms with Crippen molar-refractivity contribution >= 4 is 5.91 Å². The summed E-state index contributed by atoms with van der Waals surface area (Å²) in [5.74, 6) is 5.16. The molecule has 1 N–H and O–H groups in total. The number of ether oxygens (including phenoxy) is 1. The van der Waals surface area contributed by atoms with Gasteiger partial charge in [-0.15, -0.1) is 0 Å². The van der Waals surface area contributed by atoms with Crippen molar-refractivity contribution < 1.29 is 14.6 Å². The largest absolute Gasteiger partial charge is 0.384 e. The van der Waals surface area contributed by atoms with Crippen LogP contribution in [0.4, 0.5) is 0 Å². The summed E-state index contributed by atoms with van der Waals surface area (Å²) in [6.45, 7) is 1.10. The fraction of sp³-hybridized carbons (Fsp3) is 0.429. The zero-order valence-electron chi connectivity index (χ0n) is 10.8. The Balaban J connectivity index is 2.06. The number of pyridine rings is 1. The standard InChI is InChI=1S/C14H16N2O3/c1-16(12-6-8-19-10-12)14(18)13-5-4-11(9-15-13)3-2-7-17/h4-5,9,12,17H,6-8,10H2,1H3. The third-order valence-corrected chi connectivity index (χ3v) is 3.07. The molecule has 1 aliphatic heterocycles. The third kappa shape index (κ3) is 3.31. The van der Waals surface area contributed by atoms with Crippen LogP contribution >= 0.6 is 0 Å². The number of aliphatic hydroxyl groups excluding tert-OH is 1. The summed E-state index contributed by atoms with van der Waals surface area (Å²) in [5, 5.41) is 8.60. The second-order valence-corrected chi connectivity index (χ2v) is 4.33. The number of hydrogen-bond acceptors (Lipinski definition) is 4. The van der Waals surface area contributed by atoms with E-state index in [0.717, 1.165) is 6.42 Å². The minimum atomic E-state index is -0.189. The van der Waals surface area contributed by atoms with Crippen LogP contribution in [0.1, 0.15) is 22.5 Å². The third-order valence-electron chi connectivity index (χ3n) is 3.07. The van der Waals surface area contributed by atoms with Crippen molar-refractivity contribution in [3.8, 4) is 11.8 Å². The van der Waals surface area contributed by atoms with Crippen molar-refractivity contribution in [2.75, 3.05) is 26.9 Å². The van der Waals surface area contributed by atoms with Crippen LogP contribution < -0.4 is 0 Å². The Kier molecular flexibility index (Phi) is 4.50. The molecule has 2 rings (SSSR count). The summed E-state index contributed by atoms with van der Waals surface area (Å²) in [5.41, 5.74) is 1.07. The molecule has 1 unspecified atom stereocenters. The minimum Gasteiger partial charge on any atom is -0.384 e. The van der Waals surface area contributed by atoms with Crippen molar-refractivity contribution in [1.29, 1.82) is 0 Å². The summed E-state index contributed by atoms with van der Waals surface area (Å²) < 4.78 is 5.27. The molecule has 0 saturated carbocycles. The van der Waals surface area contributed by atoms with Gasteiger partial charge in [0.15, 0.2) is 0 Å². The van der Waals surface area contributed by atoms with Crippen molar-refractivity contribution in [3.05, 3.63) is 29.6 Å². The van der Waals surface area contributed by atoms with Crippen LogP contribution in [0.2, 0.25) is 0 Å². The average Bonchev–Trinajstić information content (AvgIpc) is 2.98. The van der Waals surface area contributed by atoms with Crippen molar-refractivity contribution in [2.24, 2.45) is 0 Å². The Morgan fingerprint density at radius 3 is 3.05 bits per heavy atom. The highest BCUT2D eigenvalue weighted by Gasteiger charge is 2.25. The van der Waals surface area contributed by atoms with Gasteiger partial charge in [0.2, 0.25) is 0 Å². The van der Waals surface area contributed by atoms with Gasteiger partial charge >= 0.3 is 0 Å². The van der Waals surface area contributed by atoms with Crippen LogP contribution in [0.3, 0.4) is 0 Å². The molecule has 1 aromatic rings. The molecule has 1 aromatic heterocycles. The number of nitrogens with zero attached hydrogens (tertiary/aromatic N) is 2. The predicted octanol–water partition coefficient (Wildman–Crippen LogP) is 0.286. The van der Waals surface area contributed by atoms with Gasteiger partial charge in [-0.05, 0) is 18.6 Å². The van der Waals surface area contributed by atoms with Gasteiger partial charge < -0.3 is 14.7 Å². The fourth-order valence-electron chi connectivity index (χ4n) is 1.91. The molecule has 1 saturated heterocycles. The van der Waals surface area contributed by atoms with E-state index >= 15 is 0 Å². The highest BCUT2D eigenvalue weighted by atomic mass is 16.5. The van der Waals surface area contributed by atoms with Gasteiger partial charge in [0.05, 0.1) is 12.6 Å². The molecule has 1 amide bonds. The van der Waals surface area contributed by atoms with E-state index in [1.807, 2.05) is 0 Å². The molecule has 1 atom stereocenters. The van der Waals surface area contributed by atoms with Crippen molar-refractivity contribution in [1.82, 2.24) is 9.88 Å². The molecular weight excluding hydrogens is 244 g/mol. The SMILES string of the molecule is CN(C(=O)c1ccc(C#CCO)cn1)C1CCOC1. The normalized spacial score (nSPS) is 17.7. The molecule has 0 aromatic carbocycles. The topological polar surface area (TPSA) is 62.7 Å². The van der Waals surface area contributed by atoms with Crippen LogP contribution in [0, 0.1) is 11.8 Å². The first-order chi connectivity index (χ1) is 9.22. The van der Waals surface area contributed by atoms with Gasteiger partial charge in [-0.2, -0.15) is 0 Å². The van der Waals surface area contributed by atoms with Gasteiger partial charge in [0.1, 0.15) is 12.3 Å². The number of carbonyl (C=O) groups is 1. The Morgan fingerprint density at radius 1 is 1.63 bits per heavy atom. The minimum absolute atomic E-state index is 0.114. The molecule has 1 fully saturated rings. The average molecular weight is 260 g/mol. The second kappa shape index (κ2) is 6.32. The van der Waals surface area contributed by atoms with Crippen LogP contribution in [0.5, 0.6) is 0 Å².